The normalized spacial score (nSPS) is 13.6. The van der Waals surface area contributed by atoms with E-state index in [-0.39, 0.29) is 23.5 Å². The van der Waals surface area contributed by atoms with Crippen molar-refractivity contribution in [3.05, 3.63) is 21.9 Å². The van der Waals surface area contributed by atoms with Crippen LogP contribution < -0.4 is 5.32 Å². The van der Waals surface area contributed by atoms with Crippen LogP contribution in [0.3, 0.4) is 0 Å². The van der Waals surface area contributed by atoms with Crippen LogP contribution >= 0.6 is 11.3 Å². The van der Waals surface area contributed by atoms with Gasteiger partial charge in [0.05, 0.1) is 6.61 Å². The van der Waals surface area contributed by atoms with Crippen molar-refractivity contribution in [2.45, 2.75) is 59.0 Å². The minimum atomic E-state index is -0.360. The Hall–Kier alpha value is -0.870. The molecule has 0 fully saturated rings. The zero-order valence-electron chi connectivity index (χ0n) is 12.7. The number of thiophene rings is 1. The molecule has 19 heavy (non-hydrogen) atoms. The molecule has 1 heterocycles. The Bertz CT molecular complexity index is 418. The molecule has 0 saturated heterocycles. The molecule has 1 atom stereocenters. The first-order valence-electron chi connectivity index (χ1n) is 6.78. The molecule has 0 amide bonds. The third kappa shape index (κ3) is 4.62. The minimum Gasteiger partial charge on any atom is -0.465 e. The lowest BCUT2D eigenvalue weighted by Gasteiger charge is -2.19. The second kappa shape index (κ2) is 6.53. The van der Waals surface area contributed by atoms with Gasteiger partial charge in [-0.25, -0.2) is 4.79 Å². The van der Waals surface area contributed by atoms with E-state index in [0.29, 0.717) is 6.61 Å². The lowest BCUT2D eigenvalue weighted by Crippen LogP contribution is -2.34. The smallest absolute Gasteiger partial charge is 0.328 e. The quantitative estimate of drug-likeness (QED) is 0.838. The van der Waals surface area contributed by atoms with Crippen molar-refractivity contribution in [2.75, 3.05) is 6.61 Å². The summed E-state index contributed by atoms with van der Waals surface area (Å²) in [5, 5.41) is 3.28. The van der Waals surface area contributed by atoms with Crippen molar-refractivity contribution < 1.29 is 9.53 Å². The Morgan fingerprint density at radius 1 is 1.37 bits per heavy atom. The first-order valence-corrected chi connectivity index (χ1v) is 7.60. The first-order chi connectivity index (χ1) is 8.75. The van der Waals surface area contributed by atoms with E-state index in [1.54, 1.807) is 11.3 Å². The summed E-state index contributed by atoms with van der Waals surface area (Å²) in [7, 11) is 0. The largest absolute Gasteiger partial charge is 0.465 e. The molecule has 0 aliphatic heterocycles. The van der Waals surface area contributed by atoms with E-state index in [2.05, 4.69) is 32.2 Å². The van der Waals surface area contributed by atoms with Crippen LogP contribution in [0, 0.1) is 0 Å². The number of carbonyl (C=O) groups excluding carboxylic acids is 1. The summed E-state index contributed by atoms with van der Waals surface area (Å²) in [6.45, 7) is 12.8. The lowest BCUT2D eigenvalue weighted by molar-refractivity contribution is -0.146. The van der Waals surface area contributed by atoms with Crippen molar-refractivity contribution >= 4 is 17.3 Å². The average molecular weight is 283 g/mol. The van der Waals surface area contributed by atoms with E-state index < -0.39 is 0 Å². The van der Waals surface area contributed by atoms with E-state index in [1.165, 1.54) is 4.88 Å². The van der Waals surface area contributed by atoms with Gasteiger partial charge in [0.15, 0.2) is 0 Å². The zero-order chi connectivity index (χ0) is 14.6. The number of carbonyl (C=O) groups is 1. The fraction of sp³-hybridized carbons (Fsp3) is 0.667. The Kier molecular flexibility index (Phi) is 5.56. The van der Waals surface area contributed by atoms with Crippen molar-refractivity contribution in [3.8, 4) is 0 Å². The summed E-state index contributed by atoms with van der Waals surface area (Å²) < 4.78 is 5.16. The standard InChI is InChI=1S/C15H25NO2S/c1-7-18-14(17)13(16-10(2)3)11-8-9-12(19-11)15(4,5)6/h8-10,13,16H,7H2,1-6H3. The number of esters is 1. The number of hydrogen-bond acceptors (Lipinski definition) is 4. The molecule has 1 N–H and O–H groups in total. The van der Waals surface area contributed by atoms with Crippen LogP contribution in [0.1, 0.15) is 57.3 Å². The first kappa shape index (κ1) is 16.2. The molecule has 1 aromatic rings. The van der Waals surface area contributed by atoms with Gasteiger partial charge in [0, 0.05) is 15.8 Å². The number of ether oxygens (including phenoxy) is 1. The van der Waals surface area contributed by atoms with Crippen LogP contribution in [0.2, 0.25) is 0 Å². The van der Waals surface area contributed by atoms with Crippen LogP contribution in [-0.2, 0) is 14.9 Å². The van der Waals surface area contributed by atoms with Crippen molar-refractivity contribution in [1.82, 2.24) is 5.32 Å². The molecule has 108 valence electrons. The van der Waals surface area contributed by atoms with Crippen LogP contribution in [0.15, 0.2) is 12.1 Å². The van der Waals surface area contributed by atoms with Crippen LogP contribution in [-0.4, -0.2) is 18.6 Å². The molecule has 3 nitrogen and oxygen atoms in total. The van der Waals surface area contributed by atoms with Gasteiger partial charge in [0.1, 0.15) is 6.04 Å². The Labute approximate surface area is 120 Å². The van der Waals surface area contributed by atoms with Gasteiger partial charge in [0.25, 0.3) is 0 Å². The maximum atomic E-state index is 12.1. The van der Waals surface area contributed by atoms with Gasteiger partial charge < -0.3 is 4.74 Å². The van der Waals surface area contributed by atoms with E-state index in [4.69, 9.17) is 4.74 Å². The van der Waals surface area contributed by atoms with Crippen molar-refractivity contribution in [1.29, 1.82) is 0 Å². The molecular weight excluding hydrogens is 258 g/mol. The highest BCUT2D eigenvalue weighted by Crippen LogP contribution is 2.32. The second-order valence-corrected chi connectivity index (χ2v) is 7.07. The molecule has 1 aromatic heterocycles. The Morgan fingerprint density at radius 3 is 2.42 bits per heavy atom. The molecule has 0 aliphatic rings. The van der Waals surface area contributed by atoms with Gasteiger partial charge in [-0.15, -0.1) is 11.3 Å². The van der Waals surface area contributed by atoms with Crippen LogP contribution in [0.5, 0.6) is 0 Å². The molecular formula is C15H25NO2S. The molecule has 1 rings (SSSR count). The maximum absolute atomic E-state index is 12.1. The topological polar surface area (TPSA) is 38.3 Å². The van der Waals surface area contributed by atoms with Gasteiger partial charge in [-0.1, -0.05) is 20.8 Å². The monoisotopic (exact) mass is 283 g/mol. The third-order valence-corrected chi connectivity index (χ3v) is 4.25. The molecule has 0 aromatic carbocycles. The zero-order valence-corrected chi connectivity index (χ0v) is 13.6. The number of rotatable bonds is 5. The average Bonchev–Trinajstić information content (AvgIpc) is 2.74. The fourth-order valence-electron chi connectivity index (χ4n) is 1.74. The Balaban J connectivity index is 2.97. The van der Waals surface area contributed by atoms with Crippen LogP contribution in [0.25, 0.3) is 0 Å². The highest BCUT2D eigenvalue weighted by atomic mass is 32.1. The molecule has 4 heteroatoms. The van der Waals surface area contributed by atoms with Crippen LogP contribution in [0.4, 0.5) is 0 Å². The van der Waals surface area contributed by atoms with Gasteiger partial charge in [-0.05, 0) is 38.3 Å². The molecule has 1 unspecified atom stereocenters. The molecule has 0 spiro atoms. The second-order valence-electron chi connectivity index (χ2n) is 5.96. The minimum absolute atomic E-state index is 0.111. The summed E-state index contributed by atoms with van der Waals surface area (Å²) in [6.07, 6.45) is 0. The van der Waals surface area contributed by atoms with Crippen molar-refractivity contribution in [2.24, 2.45) is 0 Å². The SMILES string of the molecule is CCOC(=O)C(NC(C)C)c1ccc(C(C)(C)C)s1. The third-order valence-electron chi connectivity index (χ3n) is 2.67. The van der Waals surface area contributed by atoms with Crippen molar-refractivity contribution in [3.63, 3.8) is 0 Å². The summed E-state index contributed by atoms with van der Waals surface area (Å²) in [4.78, 5) is 14.4. The van der Waals surface area contributed by atoms with E-state index in [1.807, 2.05) is 26.8 Å². The predicted molar refractivity (Wildman–Crippen MR) is 80.7 cm³/mol. The summed E-state index contributed by atoms with van der Waals surface area (Å²) >= 11 is 1.68. The molecule has 0 saturated carbocycles. The maximum Gasteiger partial charge on any atom is 0.328 e. The Morgan fingerprint density at radius 2 is 2.00 bits per heavy atom. The van der Waals surface area contributed by atoms with Gasteiger partial charge in [-0.2, -0.15) is 0 Å². The summed E-state index contributed by atoms with van der Waals surface area (Å²) in [5.74, 6) is -0.196. The summed E-state index contributed by atoms with van der Waals surface area (Å²) in [6, 6.07) is 4.01. The molecule has 0 bridgehead atoms. The predicted octanol–water partition coefficient (Wildman–Crippen LogP) is 3.65. The number of hydrogen-bond donors (Lipinski definition) is 1. The fourth-order valence-corrected chi connectivity index (χ4v) is 2.85. The number of nitrogens with one attached hydrogen (secondary N) is 1. The van der Waals surface area contributed by atoms with Gasteiger partial charge >= 0.3 is 5.97 Å². The lowest BCUT2D eigenvalue weighted by atomic mass is 9.95. The molecule has 0 aliphatic carbocycles. The van der Waals surface area contributed by atoms with E-state index in [9.17, 15) is 4.79 Å². The van der Waals surface area contributed by atoms with Gasteiger partial charge in [-0.3, -0.25) is 5.32 Å². The summed E-state index contributed by atoms with van der Waals surface area (Å²) in [5.41, 5.74) is 0.111. The molecule has 0 radical (unpaired) electrons. The van der Waals surface area contributed by atoms with E-state index >= 15 is 0 Å². The van der Waals surface area contributed by atoms with Gasteiger partial charge in [0.2, 0.25) is 0 Å². The highest BCUT2D eigenvalue weighted by molar-refractivity contribution is 7.12. The van der Waals surface area contributed by atoms with E-state index in [0.717, 1.165) is 4.88 Å². The highest BCUT2D eigenvalue weighted by Gasteiger charge is 2.26.